The predicted octanol–water partition coefficient (Wildman–Crippen LogP) is 1.02. The highest BCUT2D eigenvalue weighted by Gasteiger charge is 2.07. The molecule has 2 aromatic heterocycles. The van der Waals surface area contributed by atoms with Crippen molar-refractivity contribution >= 4 is 0 Å². The van der Waals surface area contributed by atoms with Gasteiger partial charge in [-0.15, -0.1) is 0 Å². The standard InChI is InChI=1S/C11H13N3O/c1-14-10(8-13-11(14)4-6-15)9-3-2-5-12-7-9/h2-3,5,7-8,15H,4,6H2,1H3. The lowest BCUT2D eigenvalue weighted by Crippen LogP contribution is -2.02. The first kappa shape index (κ1) is 9.86. The van der Waals surface area contributed by atoms with Crippen molar-refractivity contribution in [3.63, 3.8) is 0 Å². The van der Waals surface area contributed by atoms with Gasteiger partial charge in [-0.05, 0) is 12.1 Å². The molecule has 0 saturated carbocycles. The zero-order valence-electron chi connectivity index (χ0n) is 8.59. The number of nitrogens with zero attached hydrogens (tertiary/aromatic N) is 3. The molecule has 15 heavy (non-hydrogen) atoms. The number of hydrogen-bond donors (Lipinski definition) is 1. The van der Waals surface area contributed by atoms with Gasteiger partial charge in [0.2, 0.25) is 0 Å². The lowest BCUT2D eigenvalue weighted by molar-refractivity contribution is 0.295. The Morgan fingerprint density at radius 1 is 1.40 bits per heavy atom. The van der Waals surface area contributed by atoms with Gasteiger partial charge in [-0.3, -0.25) is 4.98 Å². The van der Waals surface area contributed by atoms with Crippen molar-refractivity contribution in [2.24, 2.45) is 7.05 Å². The second-order valence-corrected chi connectivity index (χ2v) is 3.33. The van der Waals surface area contributed by atoms with E-state index < -0.39 is 0 Å². The minimum Gasteiger partial charge on any atom is -0.396 e. The number of aliphatic hydroxyl groups excluding tert-OH is 1. The number of aliphatic hydroxyl groups is 1. The Morgan fingerprint density at radius 2 is 2.27 bits per heavy atom. The summed E-state index contributed by atoms with van der Waals surface area (Å²) in [6.07, 6.45) is 5.94. The quantitative estimate of drug-likeness (QED) is 0.810. The lowest BCUT2D eigenvalue weighted by atomic mass is 10.2. The summed E-state index contributed by atoms with van der Waals surface area (Å²) in [6.45, 7) is 0.122. The highest BCUT2D eigenvalue weighted by atomic mass is 16.3. The topological polar surface area (TPSA) is 50.9 Å². The molecular formula is C11H13N3O. The monoisotopic (exact) mass is 203 g/mol. The molecule has 78 valence electrons. The van der Waals surface area contributed by atoms with Crippen LogP contribution >= 0.6 is 0 Å². The van der Waals surface area contributed by atoms with Gasteiger partial charge in [0, 0.05) is 31.4 Å². The highest BCUT2D eigenvalue weighted by Crippen LogP contribution is 2.18. The molecule has 0 amide bonds. The molecule has 0 atom stereocenters. The van der Waals surface area contributed by atoms with Crippen molar-refractivity contribution in [3.05, 3.63) is 36.5 Å². The van der Waals surface area contributed by atoms with Gasteiger partial charge in [-0.25, -0.2) is 4.98 Å². The fraction of sp³-hybridized carbons (Fsp3) is 0.273. The molecular weight excluding hydrogens is 190 g/mol. The van der Waals surface area contributed by atoms with E-state index in [-0.39, 0.29) is 6.61 Å². The Balaban J connectivity index is 2.38. The van der Waals surface area contributed by atoms with E-state index in [9.17, 15) is 0 Å². The third-order valence-corrected chi connectivity index (χ3v) is 2.38. The summed E-state index contributed by atoms with van der Waals surface area (Å²) in [4.78, 5) is 8.32. The molecule has 0 saturated heterocycles. The van der Waals surface area contributed by atoms with Gasteiger partial charge in [0.25, 0.3) is 0 Å². The summed E-state index contributed by atoms with van der Waals surface area (Å²) >= 11 is 0. The molecule has 0 fully saturated rings. The van der Waals surface area contributed by atoms with E-state index >= 15 is 0 Å². The number of hydrogen-bond acceptors (Lipinski definition) is 3. The van der Waals surface area contributed by atoms with Gasteiger partial charge < -0.3 is 9.67 Å². The zero-order valence-corrected chi connectivity index (χ0v) is 8.59. The van der Waals surface area contributed by atoms with E-state index in [2.05, 4.69) is 9.97 Å². The third-order valence-electron chi connectivity index (χ3n) is 2.38. The van der Waals surface area contributed by atoms with Crippen LogP contribution in [0.3, 0.4) is 0 Å². The minimum absolute atomic E-state index is 0.122. The number of imidazole rings is 1. The highest BCUT2D eigenvalue weighted by molar-refractivity contribution is 5.57. The van der Waals surface area contributed by atoms with Crippen LogP contribution in [0.25, 0.3) is 11.3 Å². The smallest absolute Gasteiger partial charge is 0.111 e. The van der Waals surface area contributed by atoms with E-state index in [1.165, 1.54) is 0 Å². The third kappa shape index (κ3) is 1.89. The Hall–Kier alpha value is -1.68. The van der Waals surface area contributed by atoms with Crippen molar-refractivity contribution in [3.8, 4) is 11.3 Å². The number of aromatic nitrogens is 3. The van der Waals surface area contributed by atoms with E-state index in [4.69, 9.17) is 5.11 Å². The first-order valence-electron chi connectivity index (χ1n) is 4.85. The van der Waals surface area contributed by atoms with E-state index in [0.717, 1.165) is 17.1 Å². The van der Waals surface area contributed by atoms with Gasteiger partial charge in [0.15, 0.2) is 0 Å². The molecule has 4 nitrogen and oxygen atoms in total. The average molecular weight is 203 g/mol. The Morgan fingerprint density at radius 3 is 2.93 bits per heavy atom. The summed E-state index contributed by atoms with van der Waals surface area (Å²) < 4.78 is 1.98. The van der Waals surface area contributed by atoms with E-state index in [1.807, 2.05) is 29.9 Å². The van der Waals surface area contributed by atoms with E-state index in [0.29, 0.717) is 6.42 Å². The number of rotatable bonds is 3. The molecule has 0 aliphatic rings. The summed E-state index contributed by atoms with van der Waals surface area (Å²) in [5.41, 5.74) is 2.06. The zero-order chi connectivity index (χ0) is 10.7. The van der Waals surface area contributed by atoms with Crippen LogP contribution in [0.1, 0.15) is 5.82 Å². The molecule has 2 rings (SSSR count). The van der Waals surface area contributed by atoms with Crippen LogP contribution < -0.4 is 0 Å². The largest absolute Gasteiger partial charge is 0.396 e. The fourth-order valence-corrected chi connectivity index (χ4v) is 1.56. The van der Waals surface area contributed by atoms with Gasteiger partial charge in [-0.1, -0.05) is 0 Å². The fourth-order valence-electron chi connectivity index (χ4n) is 1.56. The molecule has 0 spiro atoms. The molecule has 0 bridgehead atoms. The predicted molar refractivity (Wildman–Crippen MR) is 57.2 cm³/mol. The van der Waals surface area contributed by atoms with Crippen LogP contribution in [0.4, 0.5) is 0 Å². The van der Waals surface area contributed by atoms with Crippen molar-refractivity contribution in [1.82, 2.24) is 14.5 Å². The number of pyridine rings is 1. The van der Waals surface area contributed by atoms with Crippen LogP contribution in [0.15, 0.2) is 30.7 Å². The molecule has 0 aliphatic heterocycles. The van der Waals surface area contributed by atoms with Crippen LogP contribution in [0.5, 0.6) is 0 Å². The Labute approximate surface area is 88.2 Å². The van der Waals surface area contributed by atoms with Crippen LogP contribution in [-0.2, 0) is 13.5 Å². The van der Waals surface area contributed by atoms with Crippen molar-refractivity contribution < 1.29 is 5.11 Å². The van der Waals surface area contributed by atoms with Crippen molar-refractivity contribution in [1.29, 1.82) is 0 Å². The van der Waals surface area contributed by atoms with Crippen LogP contribution in [0, 0.1) is 0 Å². The molecule has 0 radical (unpaired) electrons. The maximum absolute atomic E-state index is 8.86. The summed E-state index contributed by atoms with van der Waals surface area (Å²) in [5, 5.41) is 8.86. The lowest BCUT2D eigenvalue weighted by Gasteiger charge is -2.04. The molecule has 0 unspecified atom stereocenters. The maximum Gasteiger partial charge on any atom is 0.111 e. The second-order valence-electron chi connectivity index (χ2n) is 3.33. The maximum atomic E-state index is 8.86. The Bertz CT molecular complexity index is 436. The first-order chi connectivity index (χ1) is 7.33. The second kappa shape index (κ2) is 4.23. The molecule has 1 N–H and O–H groups in total. The first-order valence-corrected chi connectivity index (χ1v) is 4.85. The molecule has 2 heterocycles. The summed E-state index contributed by atoms with van der Waals surface area (Å²) in [5.74, 6) is 0.886. The Kier molecular flexibility index (Phi) is 2.78. The van der Waals surface area contributed by atoms with Gasteiger partial charge >= 0.3 is 0 Å². The molecule has 4 heteroatoms. The molecule has 0 aliphatic carbocycles. The van der Waals surface area contributed by atoms with Gasteiger partial charge in [0.1, 0.15) is 5.82 Å². The SMILES string of the molecule is Cn1c(-c2cccnc2)cnc1CCO. The van der Waals surface area contributed by atoms with Gasteiger partial charge in [-0.2, -0.15) is 0 Å². The van der Waals surface area contributed by atoms with Crippen molar-refractivity contribution in [2.75, 3.05) is 6.61 Å². The van der Waals surface area contributed by atoms with Crippen LogP contribution in [-0.4, -0.2) is 26.2 Å². The molecule has 0 aromatic carbocycles. The van der Waals surface area contributed by atoms with E-state index in [1.54, 1.807) is 12.4 Å². The van der Waals surface area contributed by atoms with Gasteiger partial charge in [0.05, 0.1) is 18.5 Å². The normalized spacial score (nSPS) is 10.5. The van der Waals surface area contributed by atoms with Crippen LogP contribution in [0.2, 0.25) is 0 Å². The summed E-state index contributed by atoms with van der Waals surface area (Å²) in [7, 11) is 1.94. The van der Waals surface area contributed by atoms with Crippen molar-refractivity contribution in [2.45, 2.75) is 6.42 Å². The summed E-state index contributed by atoms with van der Waals surface area (Å²) in [6, 6.07) is 3.89. The molecule has 2 aromatic rings. The minimum atomic E-state index is 0.122. The average Bonchev–Trinajstić information content (AvgIpc) is 2.63.